The fraction of sp³-hybridized carbons (Fsp3) is 0.167. The van der Waals surface area contributed by atoms with Crippen molar-refractivity contribution in [1.29, 1.82) is 0 Å². The van der Waals surface area contributed by atoms with E-state index in [0.29, 0.717) is 18.2 Å². The summed E-state index contributed by atoms with van der Waals surface area (Å²) in [6.07, 6.45) is 1.26. The van der Waals surface area contributed by atoms with Gasteiger partial charge in [0, 0.05) is 5.56 Å². The molecule has 0 aliphatic rings. The van der Waals surface area contributed by atoms with Gasteiger partial charge in [0.15, 0.2) is 5.71 Å². The van der Waals surface area contributed by atoms with E-state index in [1.807, 2.05) is 55.5 Å². The first-order valence-corrected chi connectivity index (χ1v) is 7.44. The Hall–Kier alpha value is -3.15. The molecular formula is C18H17N3O3. The molecule has 2 aromatic carbocycles. The number of nitrogens with zero attached hydrogens (tertiary/aromatic N) is 3. The Bertz CT molecular complexity index is 829. The second kappa shape index (κ2) is 7.41. The van der Waals surface area contributed by atoms with Crippen LogP contribution in [-0.4, -0.2) is 23.0 Å². The number of hydrogen-bond acceptors (Lipinski definition) is 6. The molecule has 0 saturated heterocycles. The summed E-state index contributed by atoms with van der Waals surface area (Å²) < 4.78 is 11.2. The number of ether oxygens (including phenoxy) is 1. The first kappa shape index (κ1) is 15.7. The van der Waals surface area contributed by atoms with Crippen LogP contribution in [0.5, 0.6) is 5.75 Å². The topological polar surface area (TPSA) is 69.7 Å². The molecule has 6 heteroatoms. The van der Waals surface area contributed by atoms with Crippen LogP contribution in [0.3, 0.4) is 0 Å². The van der Waals surface area contributed by atoms with Gasteiger partial charge in [-0.3, -0.25) is 0 Å². The number of aromatic nitrogens is 2. The minimum absolute atomic E-state index is 0.292. The van der Waals surface area contributed by atoms with Crippen LogP contribution in [0.2, 0.25) is 0 Å². The van der Waals surface area contributed by atoms with Gasteiger partial charge in [0.25, 0.3) is 5.89 Å². The SMILES string of the molecule is CO/N=C(\c1nnco1)c1ccccc1COc1ccccc1C. The van der Waals surface area contributed by atoms with Crippen molar-refractivity contribution < 1.29 is 14.0 Å². The van der Waals surface area contributed by atoms with Gasteiger partial charge in [-0.1, -0.05) is 47.6 Å². The van der Waals surface area contributed by atoms with Crippen molar-refractivity contribution in [2.45, 2.75) is 13.5 Å². The number of para-hydroxylation sites is 1. The summed E-state index contributed by atoms with van der Waals surface area (Å²) in [5, 5.41) is 11.7. The predicted molar refractivity (Wildman–Crippen MR) is 88.9 cm³/mol. The smallest absolute Gasteiger partial charge is 0.270 e. The summed E-state index contributed by atoms with van der Waals surface area (Å²) in [7, 11) is 1.48. The lowest BCUT2D eigenvalue weighted by Gasteiger charge is -2.12. The van der Waals surface area contributed by atoms with E-state index < -0.39 is 0 Å². The van der Waals surface area contributed by atoms with E-state index in [2.05, 4.69) is 15.4 Å². The highest BCUT2D eigenvalue weighted by Crippen LogP contribution is 2.20. The van der Waals surface area contributed by atoms with Gasteiger partial charge in [-0.2, -0.15) is 0 Å². The average molecular weight is 323 g/mol. The summed E-state index contributed by atoms with van der Waals surface area (Å²) in [5.41, 5.74) is 3.31. The lowest BCUT2D eigenvalue weighted by molar-refractivity contribution is 0.213. The van der Waals surface area contributed by atoms with Gasteiger partial charge >= 0.3 is 0 Å². The van der Waals surface area contributed by atoms with Crippen LogP contribution in [0.1, 0.15) is 22.6 Å². The molecule has 0 atom stereocenters. The number of benzene rings is 2. The Morgan fingerprint density at radius 3 is 2.67 bits per heavy atom. The van der Waals surface area contributed by atoms with Crippen LogP contribution in [0.4, 0.5) is 0 Å². The van der Waals surface area contributed by atoms with E-state index in [0.717, 1.165) is 22.4 Å². The zero-order valence-corrected chi connectivity index (χ0v) is 13.5. The van der Waals surface area contributed by atoms with Gasteiger partial charge < -0.3 is 14.0 Å². The van der Waals surface area contributed by atoms with Gasteiger partial charge in [0.05, 0.1) is 0 Å². The molecule has 0 radical (unpaired) electrons. The quantitative estimate of drug-likeness (QED) is 0.514. The maximum Gasteiger partial charge on any atom is 0.270 e. The minimum atomic E-state index is 0.292. The molecule has 24 heavy (non-hydrogen) atoms. The van der Waals surface area contributed by atoms with E-state index in [1.54, 1.807) is 0 Å². The third kappa shape index (κ3) is 3.43. The third-order valence-corrected chi connectivity index (χ3v) is 3.49. The molecule has 0 saturated carbocycles. The zero-order valence-electron chi connectivity index (χ0n) is 13.5. The molecule has 0 aliphatic heterocycles. The van der Waals surface area contributed by atoms with Crippen LogP contribution in [0.25, 0.3) is 0 Å². The predicted octanol–water partition coefficient (Wildman–Crippen LogP) is 3.36. The Labute approximate surface area is 139 Å². The maximum absolute atomic E-state index is 5.95. The molecule has 0 spiro atoms. The number of hydrogen-bond donors (Lipinski definition) is 0. The Morgan fingerprint density at radius 1 is 1.12 bits per heavy atom. The number of oxime groups is 1. The Kier molecular flexibility index (Phi) is 4.86. The first-order chi connectivity index (χ1) is 11.8. The van der Waals surface area contributed by atoms with Crippen molar-refractivity contribution in [3.63, 3.8) is 0 Å². The average Bonchev–Trinajstić information content (AvgIpc) is 3.14. The maximum atomic E-state index is 5.95. The lowest BCUT2D eigenvalue weighted by atomic mass is 10.0. The van der Waals surface area contributed by atoms with Gasteiger partial charge in [-0.15, -0.1) is 10.2 Å². The van der Waals surface area contributed by atoms with Crippen LogP contribution in [-0.2, 0) is 11.4 Å². The van der Waals surface area contributed by atoms with Crippen molar-refractivity contribution in [2.24, 2.45) is 5.16 Å². The molecule has 0 amide bonds. The largest absolute Gasteiger partial charge is 0.489 e. The Balaban J connectivity index is 1.90. The fourth-order valence-electron chi connectivity index (χ4n) is 2.32. The highest BCUT2D eigenvalue weighted by atomic mass is 16.6. The van der Waals surface area contributed by atoms with Crippen LogP contribution in [0, 0.1) is 6.92 Å². The molecule has 0 aliphatic carbocycles. The van der Waals surface area contributed by atoms with Crippen LogP contribution in [0.15, 0.2) is 64.5 Å². The Morgan fingerprint density at radius 2 is 1.92 bits per heavy atom. The highest BCUT2D eigenvalue weighted by molar-refractivity contribution is 6.10. The second-order valence-corrected chi connectivity index (χ2v) is 5.08. The summed E-state index contributed by atoms with van der Waals surface area (Å²) in [6, 6.07) is 15.6. The zero-order chi connectivity index (χ0) is 16.8. The van der Waals surface area contributed by atoms with E-state index in [9.17, 15) is 0 Å². The molecule has 0 N–H and O–H groups in total. The van der Waals surface area contributed by atoms with Crippen molar-refractivity contribution in [2.75, 3.05) is 7.11 Å². The summed E-state index contributed by atoms with van der Waals surface area (Å²) in [6.45, 7) is 2.40. The second-order valence-electron chi connectivity index (χ2n) is 5.08. The molecule has 1 heterocycles. The van der Waals surface area contributed by atoms with Crippen LogP contribution < -0.4 is 4.74 Å². The fourth-order valence-corrected chi connectivity index (χ4v) is 2.32. The van der Waals surface area contributed by atoms with Crippen LogP contribution >= 0.6 is 0 Å². The lowest BCUT2D eigenvalue weighted by Crippen LogP contribution is -2.10. The molecular weight excluding hydrogens is 306 g/mol. The molecule has 0 unspecified atom stereocenters. The molecule has 6 nitrogen and oxygen atoms in total. The standard InChI is InChI=1S/C18H17N3O3/c1-13-7-3-6-10-16(13)23-11-14-8-4-5-9-15(14)17(21-22-2)18-20-19-12-24-18/h3-10,12H,11H2,1-2H3/b21-17-. The van der Waals surface area contributed by atoms with Gasteiger partial charge in [0.1, 0.15) is 19.5 Å². The molecule has 1 aromatic heterocycles. The summed E-state index contributed by atoms with van der Waals surface area (Å²) in [4.78, 5) is 4.94. The van der Waals surface area contributed by atoms with E-state index in [-0.39, 0.29) is 0 Å². The minimum Gasteiger partial charge on any atom is -0.489 e. The van der Waals surface area contributed by atoms with E-state index in [4.69, 9.17) is 14.0 Å². The highest BCUT2D eigenvalue weighted by Gasteiger charge is 2.17. The molecule has 3 rings (SSSR count). The van der Waals surface area contributed by atoms with Gasteiger partial charge in [-0.05, 0) is 24.1 Å². The van der Waals surface area contributed by atoms with Crippen molar-refractivity contribution in [3.05, 3.63) is 77.5 Å². The first-order valence-electron chi connectivity index (χ1n) is 7.44. The molecule has 122 valence electrons. The number of rotatable bonds is 6. The van der Waals surface area contributed by atoms with Crippen molar-refractivity contribution >= 4 is 5.71 Å². The van der Waals surface area contributed by atoms with Gasteiger partial charge in [0.2, 0.25) is 6.39 Å². The van der Waals surface area contributed by atoms with Crippen molar-refractivity contribution in [3.8, 4) is 5.75 Å². The normalized spacial score (nSPS) is 11.3. The van der Waals surface area contributed by atoms with Gasteiger partial charge in [-0.25, -0.2) is 0 Å². The van der Waals surface area contributed by atoms with E-state index >= 15 is 0 Å². The molecule has 0 bridgehead atoms. The number of aryl methyl sites for hydroxylation is 1. The summed E-state index contributed by atoms with van der Waals surface area (Å²) >= 11 is 0. The summed E-state index contributed by atoms with van der Waals surface area (Å²) in [5.74, 6) is 1.13. The molecule has 0 fully saturated rings. The van der Waals surface area contributed by atoms with E-state index in [1.165, 1.54) is 13.5 Å². The van der Waals surface area contributed by atoms with Crippen molar-refractivity contribution in [1.82, 2.24) is 10.2 Å². The monoisotopic (exact) mass is 323 g/mol. The third-order valence-electron chi connectivity index (χ3n) is 3.49. The molecule has 3 aromatic rings.